The molecule has 0 aliphatic rings. The molecule has 0 aromatic heterocycles. The van der Waals surface area contributed by atoms with Crippen LogP contribution < -0.4 is 14.9 Å². The fraction of sp³-hybridized carbons (Fsp3) is 0.176. The van der Waals surface area contributed by atoms with Crippen molar-refractivity contribution in [2.24, 2.45) is 5.10 Å². The Morgan fingerprint density at radius 3 is 2.65 bits per heavy atom. The third-order valence-electron chi connectivity index (χ3n) is 3.29. The minimum atomic E-state index is -0.747. The maximum absolute atomic E-state index is 11.7. The maximum Gasteiger partial charge on any atom is 0.315 e. The molecule has 0 saturated heterocycles. The minimum absolute atomic E-state index is 0.0744. The molecule has 0 heterocycles. The predicted molar refractivity (Wildman–Crippen MR) is 93.7 cm³/mol. The third kappa shape index (κ3) is 4.94. The Hall–Kier alpha value is -3.62. The Balaban J connectivity index is 1.96. The van der Waals surface area contributed by atoms with Crippen LogP contribution in [0.1, 0.15) is 11.1 Å². The Morgan fingerprint density at radius 1 is 1.35 bits per heavy atom. The number of hydrazone groups is 1. The number of nitro benzene ring substituents is 1. The Bertz CT molecular complexity index is 833. The van der Waals surface area contributed by atoms with Crippen LogP contribution >= 0.6 is 0 Å². The van der Waals surface area contributed by atoms with Gasteiger partial charge in [-0.25, -0.2) is 5.43 Å². The number of ether oxygens (including phenoxy) is 2. The number of benzene rings is 2. The number of phenolic OH excluding ortho intramolecular Hbond substituents is 1. The van der Waals surface area contributed by atoms with E-state index in [0.717, 1.165) is 11.6 Å². The van der Waals surface area contributed by atoms with Gasteiger partial charge in [0.2, 0.25) is 5.75 Å². The number of hydrogen-bond donors (Lipinski definition) is 2. The van der Waals surface area contributed by atoms with Crippen molar-refractivity contribution in [1.29, 1.82) is 0 Å². The lowest BCUT2D eigenvalue weighted by atomic mass is 10.2. The molecule has 0 aliphatic heterocycles. The van der Waals surface area contributed by atoms with Gasteiger partial charge in [0.1, 0.15) is 5.75 Å². The Labute approximate surface area is 149 Å². The number of phenols is 1. The zero-order valence-corrected chi connectivity index (χ0v) is 14.1. The summed E-state index contributed by atoms with van der Waals surface area (Å²) in [5.74, 6) is -0.601. The third-order valence-corrected chi connectivity index (χ3v) is 3.29. The quantitative estimate of drug-likeness (QED) is 0.443. The van der Waals surface area contributed by atoms with Gasteiger partial charge in [-0.05, 0) is 25.1 Å². The van der Waals surface area contributed by atoms with Crippen LogP contribution in [-0.4, -0.2) is 35.9 Å². The lowest BCUT2D eigenvalue weighted by Gasteiger charge is -2.06. The lowest BCUT2D eigenvalue weighted by Crippen LogP contribution is -2.24. The smallest absolute Gasteiger partial charge is 0.315 e. The van der Waals surface area contributed by atoms with Gasteiger partial charge in [-0.1, -0.05) is 17.7 Å². The highest BCUT2D eigenvalue weighted by atomic mass is 16.6. The highest BCUT2D eigenvalue weighted by Crippen LogP contribution is 2.36. The number of nitrogens with one attached hydrogen (secondary N) is 1. The van der Waals surface area contributed by atoms with Crippen molar-refractivity contribution in [3.63, 3.8) is 0 Å². The van der Waals surface area contributed by atoms with E-state index in [0.29, 0.717) is 5.75 Å². The van der Waals surface area contributed by atoms with E-state index in [9.17, 15) is 20.0 Å². The molecule has 9 heteroatoms. The molecule has 26 heavy (non-hydrogen) atoms. The number of aromatic hydroxyl groups is 1. The van der Waals surface area contributed by atoms with Crippen LogP contribution in [0.25, 0.3) is 0 Å². The molecule has 0 radical (unpaired) electrons. The number of methoxy groups -OCH3 is 1. The number of carbonyl (C=O) groups excluding carboxylic acids is 1. The summed E-state index contributed by atoms with van der Waals surface area (Å²) in [7, 11) is 1.27. The number of nitro groups is 1. The van der Waals surface area contributed by atoms with Gasteiger partial charge in [-0.2, -0.15) is 5.10 Å². The molecule has 2 rings (SSSR count). The number of hydrogen-bond acceptors (Lipinski definition) is 7. The molecule has 0 fully saturated rings. The first-order chi connectivity index (χ1) is 12.4. The maximum atomic E-state index is 11.7. The van der Waals surface area contributed by atoms with Crippen molar-refractivity contribution in [3.8, 4) is 17.2 Å². The van der Waals surface area contributed by atoms with E-state index in [1.165, 1.54) is 19.4 Å². The molecule has 136 valence electrons. The van der Waals surface area contributed by atoms with Gasteiger partial charge in [0.05, 0.1) is 18.2 Å². The van der Waals surface area contributed by atoms with E-state index in [1.54, 1.807) is 12.1 Å². The van der Waals surface area contributed by atoms with Gasteiger partial charge < -0.3 is 14.6 Å². The number of carbonyl (C=O) groups is 1. The summed E-state index contributed by atoms with van der Waals surface area (Å²) in [4.78, 5) is 21.9. The van der Waals surface area contributed by atoms with Crippen LogP contribution in [-0.2, 0) is 4.79 Å². The largest absolute Gasteiger partial charge is 0.500 e. The Kier molecular flexibility index (Phi) is 6.10. The fourth-order valence-corrected chi connectivity index (χ4v) is 1.98. The monoisotopic (exact) mass is 359 g/mol. The van der Waals surface area contributed by atoms with Gasteiger partial charge in [0.25, 0.3) is 5.91 Å². The van der Waals surface area contributed by atoms with E-state index in [1.807, 2.05) is 19.1 Å². The SMILES string of the molecule is COc1cc(C=NNC(=O)COc2ccc(C)cc2)cc([N+](=O)[O-])c1O. The molecular formula is C17H17N3O6. The summed E-state index contributed by atoms with van der Waals surface area (Å²) >= 11 is 0. The second kappa shape index (κ2) is 8.47. The predicted octanol–water partition coefficient (Wildman–Crippen LogP) is 2.15. The summed E-state index contributed by atoms with van der Waals surface area (Å²) in [5, 5.41) is 24.3. The van der Waals surface area contributed by atoms with Gasteiger partial charge in [0, 0.05) is 11.6 Å². The van der Waals surface area contributed by atoms with E-state index in [4.69, 9.17) is 9.47 Å². The first kappa shape index (κ1) is 18.7. The van der Waals surface area contributed by atoms with E-state index >= 15 is 0 Å². The molecule has 1 amide bonds. The average molecular weight is 359 g/mol. The molecule has 0 aliphatic carbocycles. The number of aryl methyl sites for hydroxylation is 1. The van der Waals surface area contributed by atoms with Crippen LogP contribution in [0.15, 0.2) is 41.5 Å². The van der Waals surface area contributed by atoms with Crippen molar-refractivity contribution in [2.45, 2.75) is 6.92 Å². The zero-order valence-electron chi connectivity index (χ0n) is 14.1. The van der Waals surface area contributed by atoms with Crippen LogP contribution in [0, 0.1) is 17.0 Å². The zero-order chi connectivity index (χ0) is 19.1. The molecule has 2 aromatic carbocycles. The standard InChI is InChI=1S/C17H17N3O6/c1-11-3-5-13(6-4-11)26-10-16(21)19-18-9-12-7-14(20(23)24)17(22)15(8-12)25-2/h3-9,22H,10H2,1-2H3,(H,19,21). The first-order valence-corrected chi connectivity index (χ1v) is 7.47. The second-order valence-corrected chi connectivity index (χ2v) is 5.24. The molecule has 0 bridgehead atoms. The topological polar surface area (TPSA) is 123 Å². The fourth-order valence-electron chi connectivity index (χ4n) is 1.98. The average Bonchev–Trinajstić information content (AvgIpc) is 2.62. The van der Waals surface area contributed by atoms with Crippen LogP contribution in [0.5, 0.6) is 17.2 Å². The number of rotatable bonds is 7. The van der Waals surface area contributed by atoms with Crippen molar-refractivity contribution in [2.75, 3.05) is 13.7 Å². The summed E-state index contributed by atoms with van der Waals surface area (Å²) in [6.07, 6.45) is 1.19. The van der Waals surface area contributed by atoms with Gasteiger partial charge in [-0.15, -0.1) is 0 Å². The van der Waals surface area contributed by atoms with Crippen LogP contribution in [0.3, 0.4) is 0 Å². The van der Waals surface area contributed by atoms with Gasteiger partial charge in [-0.3, -0.25) is 14.9 Å². The van der Waals surface area contributed by atoms with E-state index < -0.39 is 22.3 Å². The van der Waals surface area contributed by atoms with Crippen molar-refractivity contribution in [3.05, 3.63) is 57.6 Å². The van der Waals surface area contributed by atoms with Crippen LogP contribution in [0.4, 0.5) is 5.69 Å². The van der Waals surface area contributed by atoms with Crippen molar-refractivity contribution < 1.29 is 24.3 Å². The highest BCUT2D eigenvalue weighted by molar-refractivity contribution is 5.85. The molecule has 9 nitrogen and oxygen atoms in total. The molecule has 2 aromatic rings. The van der Waals surface area contributed by atoms with Crippen molar-refractivity contribution >= 4 is 17.8 Å². The molecule has 0 saturated carbocycles. The van der Waals surface area contributed by atoms with E-state index in [2.05, 4.69) is 10.5 Å². The summed E-state index contributed by atoms with van der Waals surface area (Å²) in [5.41, 5.74) is 3.06. The molecule has 2 N–H and O–H groups in total. The number of amides is 1. The summed E-state index contributed by atoms with van der Waals surface area (Å²) in [6, 6.07) is 9.66. The van der Waals surface area contributed by atoms with Crippen LogP contribution in [0.2, 0.25) is 0 Å². The summed E-state index contributed by atoms with van der Waals surface area (Å²) in [6.45, 7) is 1.70. The molecule has 0 unspecified atom stereocenters. The second-order valence-electron chi connectivity index (χ2n) is 5.24. The normalized spacial score (nSPS) is 10.5. The number of nitrogens with zero attached hydrogens (tertiary/aromatic N) is 2. The van der Waals surface area contributed by atoms with Gasteiger partial charge >= 0.3 is 5.69 Å². The molecular weight excluding hydrogens is 342 g/mol. The van der Waals surface area contributed by atoms with E-state index in [-0.39, 0.29) is 17.9 Å². The molecule has 0 spiro atoms. The van der Waals surface area contributed by atoms with Crippen molar-refractivity contribution in [1.82, 2.24) is 5.43 Å². The van der Waals surface area contributed by atoms with Gasteiger partial charge in [0.15, 0.2) is 12.4 Å². The lowest BCUT2D eigenvalue weighted by molar-refractivity contribution is -0.386. The highest BCUT2D eigenvalue weighted by Gasteiger charge is 2.19. The minimum Gasteiger partial charge on any atom is -0.500 e. The molecule has 0 atom stereocenters. The summed E-state index contributed by atoms with van der Waals surface area (Å²) < 4.78 is 10.2. The Morgan fingerprint density at radius 2 is 2.04 bits per heavy atom. The first-order valence-electron chi connectivity index (χ1n) is 7.47.